The van der Waals surface area contributed by atoms with Gasteiger partial charge in [-0.2, -0.15) is 0 Å². The molecule has 0 heterocycles. The van der Waals surface area contributed by atoms with Gasteiger partial charge in [0, 0.05) is 23.2 Å². The summed E-state index contributed by atoms with van der Waals surface area (Å²) in [6, 6.07) is 5.68. The van der Waals surface area contributed by atoms with Crippen molar-refractivity contribution in [2.75, 3.05) is 25.1 Å². The molecule has 4 heteroatoms. The zero-order valence-corrected chi connectivity index (χ0v) is 12.1. The van der Waals surface area contributed by atoms with Gasteiger partial charge in [-0.05, 0) is 31.5 Å². The van der Waals surface area contributed by atoms with Crippen molar-refractivity contribution < 1.29 is 14.9 Å². The Morgan fingerprint density at radius 1 is 1.26 bits per heavy atom. The minimum atomic E-state index is -0.127. The Hall–Kier alpha value is -1.26. The number of benzene rings is 1. The van der Waals surface area contributed by atoms with E-state index in [-0.39, 0.29) is 18.6 Å². The lowest BCUT2D eigenvalue weighted by molar-refractivity contribution is 0.149. The van der Waals surface area contributed by atoms with Crippen molar-refractivity contribution in [1.29, 1.82) is 0 Å². The van der Waals surface area contributed by atoms with Crippen LogP contribution >= 0.6 is 0 Å². The zero-order valence-electron chi connectivity index (χ0n) is 12.1. The van der Waals surface area contributed by atoms with Crippen molar-refractivity contribution >= 4 is 5.69 Å². The van der Waals surface area contributed by atoms with E-state index in [1.165, 1.54) is 0 Å². The fourth-order valence-corrected chi connectivity index (χ4v) is 1.72. The largest absolute Gasteiger partial charge is 0.494 e. The second-order valence-electron chi connectivity index (χ2n) is 5.09. The number of rotatable bonds is 8. The van der Waals surface area contributed by atoms with E-state index in [0.29, 0.717) is 13.2 Å². The minimum Gasteiger partial charge on any atom is -0.494 e. The van der Waals surface area contributed by atoms with Gasteiger partial charge in [0.25, 0.3) is 0 Å². The van der Waals surface area contributed by atoms with Crippen LogP contribution in [0, 0.1) is 5.41 Å². The van der Waals surface area contributed by atoms with Crippen molar-refractivity contribution in [3.05, 3.63) is 23.8 Å². The summed E-state index contributed by atoms with van der Waals surface area (Å²) in [4.78, 5) is 0. The third kappa shape index (κ3) is 4.40. The molecule has 0 spiro atoms. The van der Waals surface area contributed by atoms with Crippen LogP contribution in [0.1, 0.15) is 32.8 Å². The van der Waals surface area contributed by atoms with Gasteiger partial charge in [-0.25, -0.2) is 0 Å². The fraction of sp³-hybridized carbons (Fsp3) is 0.600. The summed E-state index contributed by atoms with van der Waals surface area (Å²) in [5, 5.41) is 22.0. The first-order valence-corrected chi connectivity index (χ1v) is 6.80. The molecule has 0 amide bonds. The molecule has 0 fully saturated rings. The van der Waals surface area contributed by atoms with Crippen molar-refractivity contribution in [3.63, 3.8) is 0 Å². The lowest BCUT2D eigenvalue weighted by Crippen LogP contribution is -2.29. The smallest absolute Gasteiger partial charge is 0.124 e. The Kier molecular flexibility index (Phi) is 6.12. The first kappa shape index (κ1) is 15.8. The monoisotopic (exact) mass is 267 g/mol. The van der Waals surface area contributed by atoms with Gasteiger partial charge in [0.05, 0.1) is 19.8 Å². The van der Waals surface area contributed by atoms with E-state index in [2.05, 4.69) is 12.2 Å². The third-order valence-electron chi connectivity index (χ3n) is 3.49. The molecule has 108 valence electrons. The number of hydrogen-bond acceptors (Lipinski definition) is 4. The molecule has 0 radical (unpaired) electrons. The summed E-state index contributed by atoms with van der Waals surface area (Å²) < 4.78 is 5.44. The summed E-state index contributed by atoms with van der Waals surface area (Å²) >= 11 is 0. The topological polar surface area (TPSA) is 61.7 Å². The minimum absolute atomic E-state index is 0.0457. The van der Waals surface area contributed by atoms with E-state index in [1.54, 1.807) is 0 Å². The summed E-state index contributed by atoms with van der Waals surface area (Å²) in [6.07, 6.45) is 0.903. The molecule has 0 aromatic heterocycles. The molecule has 0 saturated carbocycles. The first-order chi connectivity index (χ1) is 9.08. The summed E-state index contributed by atoms with van der Waals surface area (Å²) in [7, 11) is 0. The first-order valence-electron chi connectivity index (χ1n) is 6.80. The molecule has 3 N–H and O–H groups in total. The molecule has 1 rings (SSSR count). The number of nitrogens with one attached hydrogen (secondary N) is 1. The van der Waals surface area contributed by atoms with Gasteiger partial charge in [-0.15, -0.1) is 0 Å². The van der Waals surface area contributed by atoms with Crippen LogP contribution in [0.2, 0.25) is 0 Å². The molecular weight excluding hydrogens is 242 g/mol. The lowest BCUT2D eigenvalue weighted by atomic mass is 9.88. The van der Waals surface area contributed by atoms with Crippen LogP contribution in [-0.2, 0) is 6.61 Å². The van der Waals surface area contributed by atoms with Gasteiger partial charge in [-0.1, -0.05) is 13.8 Å². The van der Waals surface area contributed by atoms with Crippen molar-refractivity contribution in [3.8, 4) is 5.75 Å². The highest BCUT2D eigenvalue weighted by atomic mass is 16.5. The van der Waals surface area contributed by atoms with E-state index in [4.69, 9.17) is 4.74 Å². The molecule has 0 aliphatic carbocycles. The Balaban J connectivity index is 2.74. The van der Waals surface area contributed by atoms with Crippen LogP contribution in [-0.4, -0.2) is 30.0 Å². The normalized spacial score (nSPS) is 13.9. The molecular formula is C15H25NO3. The van der Waals surface area contributed by atoms with Gasteiger partial charge >= 0.3 is 0 Å². The number of hydrogen-bond donors (Lipinski definition) is 3. The molecule has 1 aromatic carbocycles. The van der Waals surface area contributed by atoms with E-state index < -0.39 is 0 Å². The van der Waals surface area contributed by atoms with Crippen LogP contribution in [0.3, 0.4) is 0 Å². The van der Waals surface area contributed by atoms with Crippen molar-refractivity contribution in [2.45, 2.75) is 33.8 Å². The van der Waals surface area contributed by atoms with E-state index in [1.807, 2.05) is 32.0 Å². The van der Waals surface area contributed by atoms with E-state index in [0.717, 1.165) is 23.4 Å². The summed E-state index contributed by atoms with van der Waals surface area (Å²) in [5.74, 6) is 0.718. The molecule has 4 nitrogen and oxygen atoms in total. The molecule has 1 unspecified atom stereocenters. The maximum Gasteiger partial charge on any atom is 0.124 e. The Bertz CT molecular complexity index is 389. The molecule has 0 aliphatic heterocycles. The molecule has 1 aromatic rings. The van der Waals surface area contributed by atoms with Gasteiger partial charge < -0.3 is 20.3 Å². The molecule has 0 aliphatic rings. The van der Waals surface area contributed by atoms with Gasteiger partial charge in [-0.3, -0.25) is 0 Å². The van der Waals surface area contributed by atoms with Gasteiger partial charge in [0.1, 0.15) is 5.75 Å². The van der Waals surface area contributed by atoms with Crippen molar-refractivity contribution in [1.82, 2.24) is 0 Å². The quantitative estimate of drug-likeness (QED) is 0.677. The maximum atomic E-state index is 9.38. The molecule has 0 saturated heterocycles. The van der Waals surface area contributed by atoms with Gasteiger partial charge in [0.15, 0.2) is 0 Å². The second-order valence-corrected chi connectivity index (χ2v) is 5.09. The van der Waals surface area contributed by atoms with Crippen LogP contribution in [0.4, 0.5) is 5.69 Å². The maximum absolute atomic E-state index is 9.38. The predicted octanol–water partition coefficient (Wildman–Crippen LogP) is 2.40. The second kappa shape index (κ2) is 7.36. The van der Waals surface area contributed by atoms with E-state index >= 15 is 0 Å². The molecule has 1 atom stereocenters. The van der Waals surface area contributed by atoms with Crippen LogP contribution in [0.15, 0.2) is 18.2 Å². The zero-order chi connectivity index (χ0) is 14.3. The Labute approximate surface area is 115 Å². The molecule has 0 bridgehead atoms. The highest BCUT2D eigenvalue weighted by Gasteiger charge is 2.20. The Morgan fingerprint density at radius 2 is 2.00 bits per heavy atom. The van der Waals surface area contributed by atoms with Crippen LogP contribution in [0.5, 0.6) is 5.75 Å². The summed E-state index contributed by atoms with van der Waals surface area (Å²) in [6.45, 7) is 7.41. The Morgan fingerprint density at radius 3 is 2.53 bits per heavy atom. The molecule has 19 heavy (non-hydrogen) atoms. The number of aliphatic hydroxyl groups is 2. The average Bonchev–Trinajstić information content (AvgIpc) is 2.46. The standard InChI is InChI=1S/C15H25NO3/c1-4-15(3,11-18)10-16-13-6-7-14(19-5-2)12(8-13)9-17/h6-8,16-18H,4-5,9-11H2,1-3H3. The lowest BCUT2D eigenvalue weighted by Gasteiger charge is -2.26. The summed E-state index contributed by atoms with van der Waals surface area (Å²) in [5.41, 5.74) is 1.58. The third-order valence-corrected chi connectivity index (χ3v) is 3.49. The number of ether oxygens (including phenoxy) is 1. The number of aliphatic hydroxyl groups excluding tert-OH is 2. The van der Waals surface area contributed by atoms with E-state index in [9.17, 15) is 10.2 Å². The average molecular weight is 267 g/mol. The fourth-order valence-electron chi connectivity index (χ4n) is 1.72. The predicted molar refractivity (Wildman–Crippen MR) is 77.5 cm³/mol. The van der Waals surface area contributed by atoms with Gasteiger partial charge in [0.2, 0.25) is 0 Å². The van der Waals surface area contributed by atoms with Crippen LogP contribution in [0.25, 0.3) is 0 Å². The van der Waals surface area contributed by atoms with Crippen LogP contribution < -0.4 is 10.1 Å². The van der Waals surface area contributed by atoms with Crippen molar-refractivity contribution in [2.24, 2.45) is 5.41 Å². The SMILES string of the molecule is CCOc1ccc(NCC(C)(CC)CO)cc1CO. The number of anilines is 1. The highest BCUT2D eigenvalue weighted by Crippen LogP contribution is 2.25. The highest BCUT2D eigenvalue weighted by molar-refractivity contribution is 5.51.